The standard InChI is InChI=1S/C27H31NO4S2/c1-17-7-5-6-8-21(17)23-15-20(16-32-19(3)25-12-9-18(2)34-25)10-11-22(23)26(29)28-24(27(30)31)13-14-33-4/h5-12,15,19,24H,13-14,16H2,1-4H3,(H,28,29)(H,30,31). The molecule has 2 atom stereocenters. The quantitative estimate of drug-likeness (QED) is 0.328. The van der Waals surface area contributed by atoms with E-state index in [4.69, 9.17) is 4.74 Å². The number of rotatable bonds is 11. The third kappa shape index (κ3) is 6.72. The van der Waals surface area contributed by atoms with Crippen LogP contribution in [-0.2, 0) is 16.1 Å². The summed E-state index contributed by atoms with van der Waals surface area (Å²) in [5, 5.41) is 12.3. The maximum absolute atomic E-state index is 13.2. The number of amides is 1. The summed E-state index contributed by atoms with van der Waals surface area (Å²) in [6.07, 6.45) is 2.25. The number of carbonyl (C=O) groups is 2. The molecule has 0 fully saturated rings. The topological polar surface area (TPSA) is 75.6 Å². The van der Waals surface area contributed by atoms with E-state index in [1.165, 1.54) is 9.75 Å². The van der Waals surface area contributed by atoms with Crippen LogP contribution in [0.5, 0.6) is 0 Å². The molecule has 180 valence electrons. The number of aliphatic carboxylic acids is 1. The van der Waals surface area contributed by atoms with Crippen molar-refractivity contribution in [1.82, 2.24) is 5.32 Å². The minimum absolute atomic E-state index is 0.0312. The van der Waals surface area contributed by atoms with E-state index in [9.17, 15) is 14.7 Å². The summed E-state index contributed by atoms with van der Waals surface area (Å²) < 4.78 is 6.12. The first kappa shape index (κ1) is 26.0. The third-order valence-corrected chi connectivity index (χ3v) is 7.45. The number of thioether (sulfide) groups is 1. The number of benzene rings is 2. The van der Waals surface area contributed by atoms with Crippen LogP contribution in [0.1, 0.15) is 50.7 Å². The number of hydrogen-bond donors (Lipinski definition) is 2. The van der Waals surface area contributed by atoms with Crippen molar-refractivity contribution in [3.63, 3.8) is 0 Å². The van der Waals surface area contributed by atoms with E-state index >= 15 is 0 Å². The maximum Gasteiger partial charge on any atom is 0.326 e. The lowest BCUT2D eigenvalue weighted by Gasteiger charge is -2.18. The largest absolute Gasteiger partial charge is 0.480 e. The number of carboxylic acids is 1. The molecule has 2 aromatic carbocycles. The number of carboxylic acid groups (broad SMARTS) is 1. The summed E-state index contributed by atoms with van der Waals surface area (Å²) >= 11 is 3.28. The molecule has 5 nitrogen and oxygen atoms in total. The van der Waals surface area contributed by atoms with Crippen molar-refractivity contribution >= 4 is 35.0 Å². The molecule has 1 aromatic heterocycles. The molecule has 0 aliphatic rings. The van der Waals surface area contributed by atoms with Crippen LogP contribution in [0.15, 0.2) is 54.6 Å². The Balaban J connectivity index is 1.88. The first-order valence-electron chi connectivity index (χ1n) is 11.2. The SMILES string of the molecule is CSCCC(NC(=O)c1ccc(COC(C)c2ccc(C)s2)cc1-c1ccccc1C)C(=O)O. The predicted molar refractivity (Wildman–Crippen MR) is 141 cm³/mol. The first-order valence-corrected chi connectivity index (χ1v) is 13.4. The number of aryl methyl sites for hydroxylation is 2. The minimum atomic E-state index is -1.03. The zero-order valence-electron chi connectivity index (χ0n) is 20.0. The Morgan fingerprint density at radius 1 is 1.09 bits per heavy atom. The predicted octanol–water partition coefficient (Wildman–Crippen LogP) is 6.25. The highest BCUT2D eigenvalue weighted by atomic mass is 32.2. The van der Waals surface area contributed by atoms with Gasteiger partial charge in [0.1, 0.15) is 6.04 Å². The van der Waals surface area contributed by atoms with Crippen molar-refractivity contribution in [2.75, 3.05) is 12.0 Å². The summed E-state index contributed by atoms with van der Waals surface area (Å²) in [5.41, 5.74) is 4.15. The number of carbonyl (C=O) groups excluding carboxylic acids is 1. The third-order valence-electron chi connectivity index (χ3n) is 5.64. The molecular formula is C27H31NO4S2. The molecule has 0 aliphatic heterocycles. The van der Waals surface area contributed by atoms with E-state index in [1.54, 1.807) is 29.2 Å². The lowest BCUT2D eigenvalue weighted by Crippen LogP contribution is -2.41. The zero-order chi connectivity index (χ0) is 24.7. The number of hydrogen-bond acceptors (Lipinski definition) is 5. The molecule has 0 saturated carbocycles. The van der Waals surface area contributed by atoms with Crippen LogP contribution in [-0.4, -0.2) is 35.0 Å². The molecule has 0 bridgehead atoms. The van der Waals surface area contributed by atoms with Crippen LogP contribution in [0.3, 0.4) is 0 Å². The normalized spacial score (nSPS) is 12.8. The fourth-order valence-electron chi connectivity index (χ4n) is 3.68. The van der Waals surface area contributed by atoms with Gasteiger partial charge in [-0.3, -0.25) is 4.79 Å². The van der Waals surface area contributed by atoms with E-state index in [2.05, 4.69) is 24.4 Å². The molecule has 3 aromatic rings. The highest BCUT2D eigenvalue weighted by Crippen LogP contribution is 2.30. The molecular weight excluding hydrogens is 466 g/mol. The lowest BCUT2D eigenvalue weighted by atomic mass is 9.93. The van der Waals surface area contributed by atoms with Gasteiger partial charge in [0.05, 0.1) is 12.7 Å². The maximum atomic E-state index is 13.2. The van der Waals surface area contributed by atoms with Crippen LogP contribution in [0.4, 0.5) is 0 Å². The smallest absolute Gasteiger partial charge is 0.326 e. The van der Waals surface area contributed by atoms with Gasteiger partial charge in [-0.15, -0.1) is 11.3 Å². The van der Waals surface area contributed by atoms with Gasteiger partial charge in [-0.05, 0) is 85.7 Å². The van der Waals surface area contributed by atoms with E-state index in [0.29, 0.717) is 24.3 Å². The van der Waals surface area contributed by atoms with Crippen molar-refractivity contribution in [2.24, 2.45) is 0 Å². The fourth-order valence-corrected chi connectivity index (χ4v) is 5.03. The van der Waals surface area contributed by atoms with Gasteiger partial charge in [0.15, 0.2) is 0 Å². The van der Waals surface area contributed by atoms with E-state index in [0.717, 1.165) is 22.3 Å². The monoisotopic (exact) mass is 497 g/mol. The summed E-state index contributed by atoms with van der Waals surface area (Å²) in [4.78, 5) is 27.3. The van der Waals surface area contributed by atoms with Crippen LogP contribution >= 0.6 is 23.1 Å². The van der Waals surface area contributed by atoms with E-state index < -0.39 is 12.0 Å². The molecule has 0 saturated heterocycles. The highest BCUT2D eigenvalue weighted by Gasteiger charge is 2.23. The van der Waals surface area contributed by atoms with E-state index in [1.807, 2.05) is 56.5 Å². The Morgan fingerprint density at radius 2 is 1.85 bits per heavy atom. The Kier molecular flexibility index (Phi) is 9.33. The molecule has 2 N–H and O–H groups in total. The van der Waals surface area contributed by atoms with Crippen molar-refractivity contribution < 1.29 is 19.4 Å². The average Bonchev–Trinajstić information content (AvgIpc) is 3.26. The highest BCUT2D eigenvalue weighted by molar-refractivity contribution is 7.98. The Hall–Kier alpha value is -2.61. The van der Waals surface area contributed by atoms with E-state index in [-0.39, 0.29) is 12.0 Å². The summed E-state index contributed by atoms with van der Waals surface area (Å²) in [6.45, 7) is 6.52. The van der Waals surface area contributed by atoms with Gasteiger partial charge in [0, 0.05) is 15.3 Å². The molecule has 3 rings (SSSR count). The second-order valence-corrected chi connectivity index (χ2v) is 10.5. The van der Waals surface area contributed by atoms with Gasteiger partial charge in [-0.1, -0.05) is 30.3 Å². The van der Waals surface area contributed by atoms with Gasteiger partial charge in [0.2, 0.25) is 0 Å². The van der Waals surface area contributed by atoms with Crippen molar-refractivity contribution in [3.05, 3.63) is 81.0 Å². The fraction of sp³-hybridized carbons (Fsp3) is 0.333. The van der Waals surface area contributed by atoms with Gasteiger partial charge in [0.25, 0.3) is 5.91 Å². The molecule has 0 radical (unpaired) electrons. The van der Waals surface area contributed by atoms with Crippen molar-refractivity contribution in [3.8, 4) is 11.1 Å². The van der Waals surface area contributed by atoms with Crippen LogP contribution < -0.4 is 5.32 Å². The molecule has 2 unspecified atom stereocenters. The second-order valence-electron chi connectivity index (χ2n) is 8.24. The Bertz CT molecular complexity index is 1140. The second kappa shape index (κ2) is 12.2. The molecule has 0 spiro atoms. The molecule has 0 aliphatic carbocycles. The molecule has 1 amide bonds. The Morgan fingerprint density at radius 3 is 2.50 bits per heavy atom. The van der Waals surface area contributed by atoms with Crippen molar-refractivity contribution in [1.29, 1.82) is 0 Å². The summed E-state index contributed by atoms with van der Waals surface area (Å²) in [5.74, 6) is -0.760. The molecule has 1 heterocycles. The molecule has 34 heavy (non-hydrogen) atoms. The Labute approximate surface area is 209 Å². The average molecular weight is 498 g/mol. The van der Waals surface area contributed by atoms with Crippen molar-refractivity contribution in [2.45, 2.75) is 45.9 Å². The van der Waals surface area contributed by atoms with Gasteiger partial charge in [-0.25, -0.2) is 4.79 Å². The van der Waals surface area contributed by atoms with Gasteiger partial charge in [-0.2, -0.15) is 11.8 Å². The van der Waals surface area contributed by atoms with Gasteiger partial charge >= 0.3 is 5.97 Å². The van der Waals surface area contributed by atoms with Crippen LogP contribution in [0.2, 0.25) is 0 Å². The van der Waals surface area contributed by atoms with Crippen LogP contribution in [0.25, 0.3) is 11.1 Å². The summed E-state index contributed by atoms with van der Waals surface area (Å²) in [6, 6.07) is 16.7. The summed E-state index contributed by atoms with van der Waals surface area (Å²) in [7, 11) is 0. The van der Waals surface area contributed by atoms with Crippen LogP contribution in [0, 0.1) is 13.8 Å². The zero-order valence-corrected chi connectivity index (χ0v) is 21.6. The number of thiophene rings is 1. The number of nitrogens with one attached hydrogen (secondary N) is 1. The number of ether oxygens (including phenoxy) is 1. The first-order chi connectivity index (χ1) is 16.3. The minimum Gasteiger partial charge on any atom is -0.480 e. The lowest BCUT2D eigenvalue weighted by molar-refractivity contribution is -0.139. The van der Waals surface area contributed by atoms with Gasteiger partial charge < -0.3 is 15.2 Å². The molecule has 7 heteroatoms.